The Morgan fingerprint density at radius 1 is 1.28 bits per heavy atom. The number of carbonyl (C=O) groups is 1. The molecule has 7 heteroatoms. The van der Waals surface area contributed by atoms with Crippen LogP contribution in [0.15, 0.2) is 42.6 Å². The summed E-state index contributed by atoms with van der Waals surface area (Å²) < 4.78 is 5.81. The van der Waals surface area contributed by atoms with Gasteiger partial charge >= 0.3 is 0 Å². The Bertz CT molecular complexity index is 906. The number of β-amino-alcohol motifs (C(OH)–C–C–N with tert-alkyl or cyclic N) is 1. The van der Waals surface area contributed by atoms with Crippen molar-refractivity contribution in [3.05, 3.63) is 65.0 Å². The summed E-state index contributed by atoms with van der Waals surface area (Å²) in [6.07, 6.45) is 3.95. The molecule has 0 saturated carbocycles. The fraction of sp³-hybridized carbons (Fsp3) is 0.520. The van der Waals surface area contributed by atoms with Gasteiger partial charge < -0.3 is 20.1 Å². The van der Waals surface area contributed by atoms with Crippen LogP contribution in [0.3, 0.4) is 0 Å². The molecule has 2 atom stereocenters. The Morgan fingerprint density at radius 3 is 2.97 bits per heavy atom. The third-order valence-corrected chi connectivity index (χ3v) is 6.32. The van der Waals surface area contributed by atoms with Gasteiger partial charge in [-0.05, 0) is 49.6 Å². The first-order valence-electron chi connectivity index (χ1n) is 11.6. The van der Waals surface area contributed by atoms with Crippen LogP contribution in [0.4, 0.5) is 0 Å². The summed E-state index contributed by atoms with van der Waals surface area (Å²) in [5.41, 5.74) is 4.18. The van der Waals surface area contributed by atoms with Crippen LogP contribution in [-0.4, -0.2) is 84.4 Å². The first-order chi connectivity index (χ1) is 15.6. The highest BCUT2D eigenvalue weighted by Crippen LogP contribution is 2.18. The lowest BCUT2D eigenvalue weighted by molar-refractivity contribution is -0.0230. The minimum Gasteiger partial charge on any atom is -0.390 e. The van der Waals surface area contributed by atoms with Gasteiger partial charge in [-0.1, -0.05) is 24.3 Å². The van der Waals surface area contributed by atoms with Crippen LogP contribution in [-0.2, 0) is 24.1 Å². The minimum atomic E-state index is -0.606. The topological polar surface area (TPSA) is 77.9 Å². The third kappa shape index (κ3) is 6.36. The maximum absolute atomic E-state index is 12.6. The fourth-order valence-electron chi connectivity index (χ4n) is 4.49. The van der Waals surface area contributed by atoms with Crippen molar-refractivity contribution in [1.82, 2.24) is 20.1 Å². The summed E-state index contributed by atoms with van der Waals surface area (Å²) >= 11 is 0. The van der Waals surface area contributed by atoms with Gasteiger partial charge in [0.1, 0.15) is 0 Å². The molecule has 1 unspecified atom stereocenters. The molecule has 0 aliphatic carbocycles. The number of aryl methyl sites for hydroxylation is 1. The summed E-state index contributed by atoms with van der Waals surface area (Å²) in [7, 11) is 2.11. The second-order valence-corrected chi connectivity index (χ2v) is 8.95. The van der Waals surface area contributed by atoms with E-state index < -0.39 is 6.10 Å². The number of aliphatic hydroxyl groups excluding tert-OH is 1. The van der Waals surface area contributed by atoms with Crippen molar-refractivity contribution >= 4 is 5.91 Å². The van der Waals surface area contributed by atoms with Crippen LogP contribution in [0.2, 0.25) is 0 Å². The zero-order valence-electron chi connectivity index (χ0n) is 18.9. The molecule has 2 aliphatic rings. The molecule has 32 heavy (non-hydrogen) atoms. The number of nitrogens with zero attached hydrogens (tertiary/aromatic N) is 3. The Morgan fingerprint density at radius 2 is 2.12 bits per heavy atom. The van der Waals surface area contributed by atoms with Crippen LogP contribution in [0, 0.1) is 0 Å². The molecule has 1 aromatic heterocycles. The Balaban J connectivity index is 1.22. The molecule has 1 aromatic carbocycles. The summed E-state index contributed by atoms with van der Waals surface area (Å²) in [5, 5.41) is 13.3. The lowest BCUT2D eigenvalue weighted by Gasteiger charge is -2.30. The van der Waals surface area contributed by atoms with Crippen LogP contribution in [0.25, 0.3) is 0 Å². The van der Waals surface area contributed by atoms with Crippen molar-refractivity contribution < 1.29 is 14.6 Å². The van der Waals surface area contributed by atoms with Gasteiger partial charge in [-0.25, -0.2) is 0 Å². The van der Waals surface area contributed by atoms with E-state index in [1.807, 2.05) is 6.07 Å². The normalized spacial score (nSPS) is 20.5. The standard InChI is InChI=1S/C25H34N4O3/c1-28-12-13-32-24(18-28)7-6-22-14-20(8-10-26-22)25(31)27-15-23(30)17-29-11-9-19-4-2-3-5-21(19)16-29/h2-5,8,10,14,23-24,30H,6-7,9,11-13,15-18H2,1H3,(H,27,31)/t23-,24?/m0/s1. The smallest absolute Gasteiger partial charge is 0.251 e. The number of amides is 1. The van der Waals surface area contributed by atoms with Gasteiger partial charge in [0.25, 0.3) is 5.91 Å². The number of benzene rings is 1. The van der Waals surface area contributed by atoms with Gasteiger partial charge in [0.05, 0.1) is 18.8 Å². The Labute approximate surface area is 190 Å². The zero-order valence-corrected chi connectivity index (χ0v) is 18.9. The van der Waals surface area contributed by atoms with E-state index in [1.54, 1.807) is 12.3 Å². The predicted molar refractivity (Wildman–Crippen MR) is 124 cm³/mol. The van der Waals surface area contributed by atoms with Crippen molar-refractivity contribution in [3.8, 4) is 0 Å². The van der Waals surface area contributed by atoms with E-state index in [1.165, 1.54) is 11.1 Å². The SMILES string of the molecule is CN1CCOC(CCc2cc(C(=O)NC[C@H](O)CN3CCc4ccccc4C3)ccn2)C1. The number of aromatic nitrogens is 1. The van der Waals surface area contributed by atoms with Crippen molar-refractivity contribution in [2.45, 2.75) is 38.0 Å². The molecule has 0 radical (unpaired) electrons. The van der Waals surface area contributed by atoms with E-state index in [9.17, 15) is 9.90 Å². The number of aliphatic hydroxyl groups is 1. The molecular weight excluding hydrogens is 404 g/mol. The second-order valence-electron chi connectivity index (χ2n) is 8.95. The van der Waals surface area contributed by atoms with Gasteiger partial charge in [-0.2, -0.15) is 0 Å². The third-order valence-electron chi connectivity index (χ3n) is 6.32. The van der Waals surface area contributed by atoms with Gasteiger partial charge in [-0.15, -0.1) is 0 Å². The van der Waals surface area contributed by atoms with Crippen LogP contribution in [0.5, 0.6) is 0 Å². The largest absolute Gasteiger partial charge is 0.390 e. The highest BCUT2D eigenvalue weighted by molar-refractivity contribution is 5.94. The van der Waals surface area contributed by atoms with E-state index in [0.29, 0.717) is 12.1 Å². The summed E-state index contributed by atoms with van der Waals surface area (Å²) in [6, 6.07) is 12.0. The van der Waals surface area contributed by atoms with E-state index in [0.717, 1.165) is 57.7 Å². The molecule has 1 fully saturated rings. The average Bonchev–Trinajstić information content (AvgIpc) is 2.81. The number of likely N-dealkylation sites (N-methyl/N-ethyl adjacent to an activating group) is 1. The quantitative estimate of drug-likeness (QED) is 0.650. The summed E-state index contributed by atoms with van der Waals surface area (Å²) in [4.78, 5) is 21.5. The van der Waals surface area contributed by atoms with Crippen LogP contribution >= 0.6 is 0 Å². The number of morpholine rings is 1. The lowest BCUT2D eigenvalue weighted by atomic mass is 10.00. The molecule has 7 nitrogen and oxygen atoms in total. The molecular formula is C25H34N4O3. The van der Waals surface area contributed by atoms with Gasteiger partial charge in [0, 0.05) is 56.7 Å². The molecule has 2 N–H and O–H groups in total. The van der Waals surface area contributed by atoms with Crippen molar-refractivity contribution in [3.63, 3.8) is 0 Å². The number of ether oxygens (including phenoxy) is 1. The highest BCUT2D eigenvalue weighted by atomic mass is 16.5. The van der Waals surface area contributed by atoms with Crippen molar-refractivity contribution in [1.29, 1.82) is 0 Å². The van der Waals surface area contributed by atoms with Crippen LogP contribution in [0.1, 0.15) is 33.6 Å². The average molecular weight is 439 g/mol. The van der Waals surface area contributed by atoms with Gasteiger partial charge in [-0.3, -0.25) is 14.7 Å². The van der Waals surface area contributed by atoms with Crippen molar-refractivity contribution in [2.75, 3.05) is 46.4 Å². The summed E-state index contributed by atoms with van der Waals surface area (Å²) in [6.45, 7) is 5.22. The first-order valence-corrected chi connectivity index (χ1v) is 11.6. The number of nitrogens with one attached hydrogen (secondary N) is 1. The fourth-order valence-corrected chi connectivity index (χ4v) is 4.49. The second kappa shape index (κ2) is 11.0. The molecule has 1 saturated heterocycles. The monoisotopic (exact) mass is 438 g/mol. The number of hydrogen-bond acceptors (Lipinski definition) is 6. The first kappa shape index (κ1) is 22.9. The van der Waals surface area contributed by atoms with E-state index in [2.05, 4.69) is 51.4 Å². The van der Waals surface area contributed by atoms with E-state index in [-0.39, 0.29) is 18.6 Å². The molecule has 2 aromatic rings. The number of pyridine rings is 1. The zero-order chi connectivity index (χ0) is 22.3. The van der Waals surface area contributed by atoms with Crippen LogP contribution < -0.4 is 5.32 Å². The molecule has 0 spiro atoms. The molecule has 0 bridgehead atoms. The Hall–Kier alpha value is -2.32. The number of carbonyl (C=O) groups excluding carboxylic acids is 1. The maximum Gasteiger partial charge on any atom is 0.251 e. The molecule has 2 aliphatic heterocycles. The molecule has 3 heterocycles. The van der Waals surface area contributed by atoms with Gasteiger partial charge in [0.2, 0.25) is 0 Å². The lowest BCUT2D eigenvalue weighted by Crippen LogP contribution is -2.42. The molecule has 172 valence electrons. The Kier molecular flexibility index (Phi) is 7.86. The minimum absolute atomic E-state index is 0.176. The summed E-state index contributed by atoms with van der Waals surface area (Å²) in [5.74, 6) is -0.176. The number of rotatable bonds is 8. The molecule has 1 amide bonds. The van der Waals surface area contributed by atoms with Gasteiger partial charge in [0.15, 0.2) is 0 Å². The van der Waals surface area contributed by atoms with E-state index in [4.69, 9.17) is 4.74 Å². The van der Waals surface area contributed by atoms with Crippen molar-refractivity contribution in [2.24, 2.45) is 0 Å². The highest BCUT2D eigenvalue weighted by Gasteiger charge is 2.20. The number of fused-ring (bicyclic) bond motifs is 1. The van der Waals surface area contributed by atoms with E-state index >= 15 is 0 Å². The number of hydrogen-bond donors (Lipinski definition) is 2. The maximum atomic E-state index is 12.6. The molecule has 4 rings (SSSR count). The predicted octanol–water partition coefficient (Wildman–Crippen LogP) is 1.49.